The van der Waals surface area contributed by atoms with E-state index >= 15 is 0 Å². The second-order valence-corrected chi connectivity index (χ2v) is 14.8. The molecule has 0 aliphatic heterocycles. The van der Waals surface area contributed by atoms with Crippen LogP contribution in [0.2, 0.25) is 0 Å². The summed E-state index contributed by atoms with van der Waals surface area (Å²) < 4.78 is 0. The molecule has 266 valence electrons. The Hall–Kier alpha value is -7.42. The summed E-state index contributed by atoms with van der Waals surface area (Å²) in [4.78, 5) is 10.5. The van der Waals surface area contributed by atoms with E-state index in [0.717, 1.165) is 33.5 Å². The summed E-state index contributed by atoms with van der Waals surface area (Å²) in [6.45, 7) is 0. The Morgan fingerprint density at radius 3 is 1.53 bits per heavy atom. The van der Waals surface area contributed by atoms with Gasteiger partial charge in [0.2, 0.25) is 0 Å². The fourth-order valence-corrected chi connectivity index (χ4v) is 9.28. The molecule has 0 saturated carbocycles. The van der Waals surface area contributed by atoms with E-state index in [1.807, 2.05) is 18.2 Å². The van der Waals surface area contributed by atoms with Crippen LogP contribution in [0.1, 0.15) is 22.3 Å². The average molecular weight is 725 g/mol. The van der Waals surface area contributed by atoms with E-state index in [2.05, 4.69) is 200 Å². The second kappa shape index (κ2) is 13.4. The number of benzene rings is 9. The Morgan fingerprint density at radius 1 is 0.298 bits per heavy atom. The standard InChI is InChI=1S/C55H36N2/c1-4-18-38(19-5-1)54-56-52(47-29-16-20-37-17-10-11-25-42(37)47)36-53(57-54)48-33-32-43(44-26-12-13-27-45(44)48)39-31-34-51-49(35-39)46-28-14-15-30-50(46)55(51,40-21-6-2-7-22-40)41-23-8-3-9-24-41/h1-36H. The van der Waals surface area contributed by atoms with Crippen molar-refractivity contribution in [2.45, 2.75) is 5.41 Å². The summed E-state index contributed by atoms with van der Waals surface area (Å²) in [7, 11) is 0. The van der Waals surface area contributed by atoms with E-state index in [0.29, 0.717) is 5.82 Å². The van der Waals surface area contributed by atoms with Gasteiger partial charge in [0, 0.05) is 16.7 Å². The molecule has 1 aliphatic rings. The zero-order chi connectivity index (χ0) is 37.8. The molecule has 0 unspecified atom stereocenters. The summed E-state index contributed by atoms with van der Waals surface area (Å²) in [5.41, 5.74) is 14.6. The van der Waals surface area contributed by atoms with Gasteiger partial charge >= 0.3 is 0 Å². The minimum Gasteiger partial charge on any atom is -0.228 e. The molecule has 0 atom stereocenters. The highest BCUT2D eigenvalue weighted by atomic mass is 14.9. The van der Waals surface area contributed by atoms with Crippen molar-refractivity contribution in [2.24, 2.45) is 0 Å². The monoisotopic (exact) mass is 724 g/mol. The quantitative estimate of drug-likeness (QED) is 0.171. The first-order valence-corrected chi connectivity index (χ1v) is 19.6. The molecule has 9 aromatic carbocycles. The maximum atomic E-state index is 5.27. The van der Waals surface area contributed by atoms with Crippen molar-refractivity contribution in [3.05, 3.63) is 241 Å². The smallest absolute Gasteiger partial charge is 0.160 e. The maximum Gasteiger partial charge on any atom is 0.160 e. The fourth-order valence-electron chi connectivity index (χ4n) is 9.28. The second-order valence-electron chi connectivity index (χ2n) is 14.8. The predicted octanol–water partition coefficient (Wildman–Crippen LogP) is 13.8. The Morgan fingerprint density at radius 2 is 0.807 bits per heavy atom. The highest BCUT2D eigenvalue weighted by molar-refractivity contribution is 6.06. The first-order valence-electron chi connectivity index (χ1n) is 19.6. The first kappa shape index (κ1) is 33.0. The van der Waals surface area contributed by atoms with Crippen LogP contribution in [0.5, 0.6) is 0 Å². The Balaban J connectivity index is 1.10. The molecule has 0 saturated heterocycles. The molecule has 2 nitrogen and oxygen atoms in total. The molecule has 1 aliphatic carbocycles. The van der Waals surface area contributed by atoms with Crippen LogP contribution in [0, 0.1) is 0 Å². The van der Waals surface area contributed by atoms with Crippen LogP contribution < -0.4 is 0 Å². The number of aromatic nitrogens is 2. The van der Waals surface area contributed by atoms with Crippen molar-refractivity contribution in [1.29, 1.82) is 0 Å². The molecule has 0 amide bonds. The molecule has 57 heavy (non-hydrogen) atoms. The van der Waals surface area contributed by atoms with Crippen molar-refractivity contribution in [3.8, 4) is 56.2 Å². The summed E-state index contributed by atoms with van der Waals surface area (Å²) in [5.74, 6) is 0.710. The highest BCUT2D eigenvalue weighted by Crippen LogP contribution is 2.56. The topological polar surface area (TPSA) is 25.8 Å². The lowest BCUT2D eigenvalue weighted by Crippen LogP contribution is -2.28. The Bertz CT molecular complexity index is 3070. The largest absolute Gasteiger partial charge is 0.228 e. The lowest BCUT2D eigenvalue weighted by atomic mass is 9.67. The van der Waals surface area contributed by atoms with Crippen LogP contribution in [-0.2, 0) is 5.41 Å². The van der Waals surface area contributed by atoms with Crippen LogP contribution in [0.15, 0.2) is 218 Å². The van der Waals surface area contributed by atoms with Gasteiger partial charge in [0.1, 0.15) is 0 Å². The van der Waals surface area contributed by atoms with Gasteiger partial charge in [0.05, 0.1) is 16.8 Å². The summed E-state index contributed by atoms with van der Waals surface area (Å²) in [6, 6.07) is 78.8. The summed E-state index contributed by atoms with van der Waals surface area (Å²) in [5, 5.41) is 4.70. The molecular weight excluding hydrogens is 689 g/mol. The third-order valence-electron chi connectivity index (χ3n) is 11.8. The van der Waals surface area contributed by atoms with E-state index in [4.69, 9.17) is 9.97 Å². The van der Waals surface area contributed by atoms with Gasteiger partial charge in [-0.05, 0) is 78.2 Å². The number of hydrogen-bond donors (Lipinski definition) is 0. The number of hydrogen-bond acceptors (Lipinski definition) is 2. The minimum absolute atomic E-state index is 0.426. The van der Waals surface area contributed by atoms with E-state index in [9.17, 15) is 0 Å². The maximum absolute atomic E-state index is 5.27. The molecule has 0 radical (unpaired) electrons. The third-order valence-corrected chi connectivity index (χ3v) is 11.8. The first-order chi connectivity index (χ1) is 28.3. The molecule has 2 heteroatoms. The number of fused-ring (bicyclic) bond motifs is 5. The van der Waals surface area contributed by atoms with Crippen molar-refractivity contribution in [2.75, 3.05) is 0 Å². The van der Waals surface area contributed by atoms with Crippen LogP contribution in [0.25, 0.3) is 77.7 Å². The highest BCUT2D eigenvalue weighted by Gasteiger charge is 2.46. The van der Waals surface area contributed by atoms with Gasteiger partial charge in [-0.1, -0.05) is 206 Å². The van der Waals surface area contributed by atoms with Gasteiger partial charge < -0.3 is 0 Å². The zero-order valence-corrected chi connectivity index (χ0v) is 31.2. The predicted molar refractivity (Wildman–Crippen MR) is 236 cm³/mol. The van der Waals surface area contributed by atoms with Crippen LogP contribution >= 0.6 is 0 Å². The SMILES string of the molecule is c1ccc(-c2nc(-c3cccc4ccccc34)cc(-c3ccc(-c4ccc5c(c4)-c4ccccc4C5(c4ccccc4)c4ccccc4)c4ccccc34)n2)cc1. The van der Waals surface area contributed by atoms with Crippen molar-refractivity contribution in [1.82, 2.24) is 9.97 Å². The van der Waals surface area contributed by atoms with Crippen molar-refractivity contribution in [3.63, 3.8) is 0 Å². The molecule has 0 spiro atoms. The van der Waals surface area contributed by atoms with Crippen LogP contribution in [-0.4, -0.2) is 9.97 Å². The van der Waals surface area contributed by atoms with Crippen LogP contribution in [0.3, 0.4) is 0 Å². The average Bonchev–Trinajstić information content (AvgIpc) is 3.59. The van der Waals surface area contributed by atoms with E-state index in [1.54, 1.807) is 0 Å². The van der Waals surface area contributed by atoms with Crippen molar-refractivity contribution < 1.29 is 0 Å². The Labute approximate surface area is 332 Å². The molecule has 0 bridgehead atoms. The van der Waals surface area contributed by atoms with Gasteiger partial charge in [-0.2, -0.15) is 0 Å². The van der Waals surface area contributed by atoms with E-state index in [-0.39, 0.29) is 0 Å². The molecule has 1 heterocycles. The molecular formula is C55H36N2. The Kier molecular flexibility index (Phi) is 7.75. The summed E-state index contributed by atoms with van der Waals surface area (Å²) >= 11 is 0. The van der Waals surface area contributed by atoms with Crippen molar-refractivity contribution >= 4 is 21.5 Å². The van der Waals surface area contributed by atoms with Gasteiger partial charge in [-0.15, -0.1) is 0 Å². The fraction of sp³-hybridized carbons (Fsp3) is 0.0182. The van der Waals surface area contributed by atoms with E-state index in [1.165, 1.54) is 60.7 Å². The number of nitrogens with zero attached hydrogens (tertiary/aromatic N) is 2. The molecule has 0 N–H and O–H groups in total. The molecule has 0 fully saturated rings. The third kappa shape index (κ3) is 5.26. The van der Waals surface area contributed by atoms with Gasteiger partial charge in [-0.25, -0.2) is 9.97 Å². The van der Waals surface area contributed by atoms with Crippen LogP contribution in [0.4, 0.5) is 0 Å². The van der Waals surface area contributed by atoms with Gasteiger partial charge in [-0.3, -0.25) is 0 Å². The summed E-state index contributed by atoms with van der Waals surface area (Å²) in [6.07, 6.45) is 0. The van der Waals surface area contributed by atoms with E-state index < -0.39 is 5.41 Å². The van der Waals surface area contributed by atoms with Gasteiger partial charge in [0.15, 0.2) is 5.82 Å². The molecule has 1 aromatic heterocycles. The number of rotatable bonds is 6. The van der Waals surface area contributed by atoms with Gasteiger partial charge in [0.25, 0.3) is 0 Å². The lowest BCUT2D eigenvalue weighted by Gasteiger charge is -2.33. The molecule has 11 rings (SSSR count). The zero-order valence-electron chi connectivity index (χ0n) is 31.2. The molecule has 10 aromatic rings. The normalized spacial score (nSPS) is 12.7. The lowest BCUT2D eigenvalue weighted by molar-refractivity contribution is 0.768. The minimum atomic E-state index is -0.426.